The first-order valence-corrected chi connectivity index (χ1v) is 13.6. The van der Waals surface area contributed by atoms with Crippen LogP contribution in [0.4, 0.5) is 21.7 Å². The van der Waals surface area contributed by atoms with Crippen LogP contribution >= 0.6 is 0 Å². The topological polar surface area (TPSA) is 99.9 Å². The Kier molecular flexibility index (Phi) is 7.39. The van der Waals surface area contributed by atoms with Crippen molar-refractivity contribution >= 4 is 23.2 Å². The molecule has 1 saturated heterocycles. The van der Waals surface area contributed by atoms with E-state index in [1.165, 1.54) is 16.7 Å². The molecule has 1 fully saturated rings. The molecule has 3 aromatic carbocycles. The molecule has 6 rings (SSSR count). The molecule has 4 aromatic rings. The van der Waals surface area contributed by atoms with Gasteiger partial charge in [-0.25, -0.2) is 9.37 Å². The van der Waals surface area contributed by atoms with Gasteiger partial charge in [0.25, 0.3) is 11.5 Å². The highest BCUT2D eigenvalue weighted by Gasteiger charge is 2.30. The third kappa shape index (κ3) is 5.38. The number of rotatable bonds is 8. The Balaban J connectivity index is 1.33. The molecule has 1 amide bonds. The molecule has 0 spiro atoms. The average molecular weight is 556 g/mol. The maximum atomic E-state index is 14.2. The van der Waals surface area contributed by atoms with Crippen molar-refractivity contribution < 1.29 is 19.0 Å². The Bertz CT molecular complexity index is 1610. The number of nitrogens with one attached hydrogen (secondary N) is 1. The van der Waals surface area contributed by atoms with Gasteiger partial charge in [-0.1, -0.05) is 54.6 Å². The van der Waals surface area contributed by atoms with Crippen LogP contribution in [0.1, 0.15) is 34.5 Å². The fourth-order valence-corrected chi connectivity index (χ4v) is 5.34. The van der Waals surface area contributed by atoms with Crippen molar-refractivity contribution in [3.05, 3.63) is 112 Å². The van der Waals surface area contributed by atoms with Crippen molar-refractivity contribution in [3.8, 4) is 5.75 Å². The van der Waals surface area contributed by atoms with E-state index in [1.54, 1.807) is 11.0 Å². The minimum atomic E-state index is -0.716. The Morgan fingerprint density at radius 1 is 1.02 bits per heavy atom. The fraction of sp³-hybridized carbons (Fsp3) is 0.258. The number of anilines is 3. The number of nitrogens with zero attached hydrogens (tertiary/aromatic N) is 4. The van der Waals surface area contributed by atoms with Crippen LogP contribution < -0.4 is 25.4 Å². The van der Waals surface area contributed by atoms with Gasteiger partial charge in [0, 0.05) is 37.6 Å². The van der Waals surface area contributed by atoms with E-state index in [0.717, 1.165) is 17.7 Å². The maximum Gasteiger partial charge on any atom is 0.298 e. The van der Waals surface area contributed by atoms with Gasteiger partial charge in [0.05, 0.1) is 0 Å². The molecule has 1 unspecified atom stereocenters. The molecule has 2 aliphatic rings. The van der Waals surface area contributed by atoms with Gasteiger partial charge in [-0.3, -0.25) is 14.2 Å². The summed E-state index contributed by atoms with van der Waals surface area (Å²) in [6.07, 6.45) is 0.657. The number of benzene rings is 3. The SMILES string of the molecule is O=C(NCc1ccc(F)cc1N1CCCC1O)c1nc2n(c(=O)c1OCc1ccccc1)CCN2c1ccccc1. The monoisotopic (exact) mass is 555 g/mol. The number of fused-ring (bicyclic) bond motifs is 1. The summed E-state index contributed by atoms with van der Waals surface area (Å²) >= 11 is 0. The molecule has 2 N–H and O–H groups in total. The second kappa shape index (κ2) is 11.4. The highest BCUT2D eigenvalue weighted by Crippen LogP contribution is 2.31. The highest BCUT2D eigenvalue weighted by molar-refractivity contribution is 5.95. The maximum absolute atomic E-state index is 14.2. The van der Waals surface area contributed by atoms with E-state index in [0.29, 0.717) is 43.3 Å². The van der Waals surface area contributed by atoms with E-state index in [-0.39, 0.29) is 24.6 Å². The number of halogens is 1. The van der Waals surface area contributed by atoms with Gasteiger partial charge < -0.3 is 25.0 Å². The first-order valence-electron chi connectivity index (χ1n) is 13.6. The van der Waals surface area contributed by atoms with Crippen LogP contribution in [0.5, 0.6) is 5.75 Å². The molecule has 210 valence electrons. The summed E-state index contributed by atoms with van der Waals surface area (Å²) in [5.74, 6) is -0.786. The summed E-state index contributed by atoms with van der Waals surface area (Å²) in [4.78, 5) is 35.6. The summed E-state index contributed by atoms with van der Waals surface area (Å²) < 4.78 is 21.6. The Hall–Kier alpha value is -4.70. The molecular formula is C31H30FN5O4. The summed E-state index contributed by atoms with van der Waals surface area (Å²) in [6, 6.07) is 23.2. The molecule has 2 aliphatic heterocycles. The Morgan fingerprint density at radius 2 is 1.78 bits per heavy atom. The number of ether oxygens (including phenoxy) is 1. The normalized spacial score (nSPS) is 16.1. The standard InChI is InChI=1S/C31H30FN5O4/c32-23-14-13-22(25(18-23)36-15-7-12-26(36)38)19-33-29(39)27-28(41-20-21-8-3-1-4-9-21)30(40)37-17-16-35(31(37)34-27)24-10-5-2-6-11-24/h1-6,8-11,13-14,18,26,38H,7,12,15-17,19-20H2,(H,33,39). The molecule has 0 aliphatic carbocycles. The number of aromatic nitrogens is 2. The van der Waals surface area contributed by atoms with Crippen LogP contribution in [0.15, 0.2) is 83.7 Å². The molecule has 10 heteroatoms. The van der Waals surface area contributed by atoms with Crippen molar-refractivity contribution in [1.29, 1.82) is 0 Å². The largest absolute Gasteiger partial charge is 0.481 e. The number of aliphatic hydroxyl groups excluding tert-OH is 1. The second-order valence-electron chi connectivity index (χ2n) is 10.1. The molecule has 0 bridgehead atoms. The molecule has 0 saturated carbocycles. The quantitative estimate of drug-likeness (QED) is 0.340. The molecule has 1 aromatic heterocycles. The fourth-order valence-electron chi connectivity index (χ4n) is 5.34. The number of hydrogen-bond acceptors (Lipinski definition) is 7. The summed E-state index contributed by atoms with van der Waals surface area (Å²) in [6.45, 7) is 1.64. The first kappa shape index (κ1) is 26.5. The third-order valence-corrected chi connectivity index (χ3v) is 7.42. The van der Waals surface area contributed by atoms with Crippen molar-refractivity contribution in [2.24, 2.45) is 0 Å². The molecule has 3 heterocycles. The van der Waals surface area contributed by atoms with Gasteiger partial charge in [0.1, 0.15) is 18.7 Å². The zero-order valence-corrected chi connectivity index (χ0v) is 22.4. The van der Waals surface area contributed by atoms with E-state index in [9.17, 15) is 19.1 Å². The van der Waals surface area contributed by atoms with Gasteiger partial charge in [0.2, 0.25) is 11.7 Å². The van der Waals surface area contributed by atoms with E-state index in [2.05, 4.69) is 10.3 Å². The number of aliphatic hydroxyl groups is 1. The number of para-hydroxylation sites is 1. The number of carbonyl (C=O) groups is 1. The number of amides is 1. The van der Waals surface area contributed by atoms with Crippen molar-refractivity contribution in [1.82, 2.24) is 14.9 Å². The number of hydrogen-bond donors (Lipinski definition) is 2. The zero-order chi connectivity index (χ0) is 28.3. The zero-order valence-electron chi connectivity index (χ0n) is 22.4. The lowest BCUT2D eigenvalue weighted by molar-refractivity contribution is 0.0940. The van der Waals surface area contributed by atoms with Crippen molar-refractivity contribution in [3.63, 3.8) is 0 Å². The average Bonchev–Trinajstić information content (AvgIpc) is 3.63. The summed E-state index contributed by atoms with van der Waals surface area (Å²) in [7, 11) is 0. The van der Waals surface area contributed by atoms with Gasteiger partial charge in [0.15, 0.2) is 5.69 Å². The summed E-state index contributed by atoms with van der Waals surface area (Å²) in [5.41, 5.74) is 2.30. The van der Waals surface area contributed by atoms with E-state index < -0.39 is 23.5 Å². The lowest BCUT2D eigenvalue weighted by Crippen LogP contribution is -2.32. The predicted molar refractivity (Wildman–Crippen MR) is 153 cm³/mol. The second-order valence-corrected chi connectivity index (χ2v) is 10.1. The first-order chi connectivity index (χ1) is 20.0. The molecule has 41 heavy (non-hydrogen) atoms. The molecular weight excluding hydrogens is 525 g/mol. The van der Waals surface area contributed by atoms with Crippen molar-refractivity contribution in [2.45, 2.75) is 38.8 Å². The van der Waals surface area contributed by atoms with Gasteiger partial charge in [-0.2, -0.15) is 0 Å². The minimum Gasteiger partial charge on any atom is -0.481 e. The smallest absolute Gasteiger partial charge is 0.298 e. The molecule has 9 nitrogen and oxygen atoms in total. The van der Waals surface area contributed by atoms with Gasteiger partial charge in [-0.15, -0.1) is 0 Å². The van der Waals surface area contributed by atoms with E-state index in [4.69, 9.17) is 4.74 Å². The van der Waals surface area contributed by atoms with Crippen LogP contribution in [0.25, 0.3) is 0 Å². The van der Waals surface area contributed by atoms with Crippen LogP contribution in [0.3, 0.4) is 0 Å². The Labute approximate surface area is 236 Å². The third-order valence-electron chi connectivity index (χ3n) is 7.42. The van der Waals surface area contributed by atoms with Crippen LogP contribution in [-0.2, 0) is 19.7 Å². The van der Waals surface area contributed by atoms with Crippen LogP contribution in [0, 0.1) is 5.82 Å². The van der Waals surface area contributed by atoms with Gasteiger partial charge >= 0.3 is 0 Å². The highest BCUT2D eigenvalue weighted by atomic mass is 19.1. The lowest BCUT2D eigenvalue weighted by Gasteiger charge is -2.25. The van der Waals surface area contributed by atoms with Crippen LogP contribution in [-0.4, -0.2) is 39.9 Å². The number of carbonyl (C=O) groups excluding carboxylic acids is 1. The van der Waals surface area contributed by atoms with Crippen LogP contribution in [0.2, 0.25) is 0 Å². The molecule has 0 radical (unpaired) electrons. The predicted octanol–water partition coefficient (Wildman–Crippen LogP) is 3.96. The van der Waals surface area contributed by atoms with Gasteiger partial charge in [-0.05, 0) is 48.2 Å². The lowest BCUT2D eigenvalue weighted by atomic mass is 10.1. The summed E-state index contributed by atoms with van der Waals surface area (Å²) in [5, 5.41) is 13.2. The van der Waals surface area contributed by atoms with Crippen molar-refractivity contribution in [2.75, 3.05) is 22.9 Å². The Morgan fingerprint density at radius 3 is 2.51 bits per heavy atom. The minimum absolute atomic E-state index is 0.0400. The molecule has 1 atom stereocenters. The van der Waals surface area contributed by atoms with E-state index >= 15 is 0 Å². The van der Waals surface area contributed by atoms with E-state index in [1.807, 2.05) is 65.6 Å².